The van der Waals surface area contributed by atoms with Gasteiger partial charge in [0.2, 0.25) is 0 Å². The van der Waals surface area contributed by atoms with Gasteiger partial charge in [0.1, 0.15) is 17.3 Å². The van der Waals surface area contributed by atoms with Gasteiger partial charge in [0.25, 0.3) is 5.91 Å². The number of aliphatic imine (C=N–C) groups is 1. The minimum atomic E-state index is -0.332. The smallest absolute Gasteiger partial charge is 0.338 e. The first-order valence-corrected chi connectivity index (χ1v) is 11.7. The van der Waals surface area contributed by atoms with E-state index in [4.69, 9.17) is 13.9 Å². The molecule has 0 bridgehead atoms. The standard InChI is InChI=1S/C26H24N2O5S/c1-3-4-15-32-25(30)18-7-5-17(6-8-18)22-14-13-21(33-22)16-23-24(29)28-26(34-23)27-19-9-11-20(31-2)12-10-19/h5-14,16H,3-4,15H2,1-2H3,(H,27,28,29)/b23-16-. The second-order valence-electron chi connectivity index (χ2n) is 7.45. The highest BCUT2D eigenvalue weighted by Crippen LogP contribution is 2.30. The Kier molecular flexibility index (Phi) is 7.49. The molecule has 1 saturated heterocycles. The lowest BCUT2D eigenvalue weighted by molar-refractivity contribution is -0.115. The molecule has 1 aromatic heterocycles. The quantitative estimate of drug-likeness (QED) is 0.251. The lowest BCUT2D eigenvalue weighted by atomic mass is 10.1. The Hall–Kier alpha value is -3.78. The van der Waals surface area contributed by atoms with Gasteiger partial charge in [0.15, 0.2) is 5.17 Å². The molecule has 174 valence electrons. The molecule has 1 aliphatic heterocycles. The van der Waals surface area contributed by atoms with Crippen molar-refractivity contribution in [1.29, 1.82) is 0 Å². The number of thioether (sulfide) groups is 1. The van der Waals surface area contributed by atoms with Crippen molar-refractivity contribution in [1.82, 2.24) is 5.32 Å². The molecule has 1 amide bonds. The summed E-state index contributed by atoms with van der Waals surface area (Å²) in [5, 5.41) is 3.26. The van der Waals surface area contributed by atoms with Crippen molar-refractivity contribution < 1.29 is 23.5 Å². The van der Waals surface area contributed by atoms with Crippen LogP contribution in [0.15, 0.2) is 75.0 Å². The van der Waals surface area contributed by atoms with E-state index < -0.39 is 0 Å². The fraction of sp³-hybridized carbons (Fsp3) is 0.192. The van der Waals surface area contributed by atoms with Gasteiger partial charge in [-0.1, -0.05) is 25.5 Å². The second kappa shape index (κ2) is 10.9. The van der Waals surface area contributed by atoms with Crippen LogP contribution in [0.25, 0.3) is 17.4 Å². The van der Waals surface area contributed by atoms with Gasteiger partial charge in [-0.2, -0.15) is 0 Å². The number of amidine groups is 1. The zero-order valence-electron chi connectivity index (χ0n) is 18.9. The summed E-state index contributed by atoms with van der Waals surface area (Å²) < 4.78 is 16.3. The number of furan rings is 1. The maximum atomic E-state index is 12.4. The van der Waals surface area contributed by atoms with Crippen molar-refractivity contribution in [2.24, 2.45) is 4.99 Å². The zero-order valence-corrected chi connectivity index (χ0v) is 19.7. The van der Waals surface area contributed by atoms with Crippen LogP contribution in [0.5, 0.6) is 5.75 Å². The number of benzene rings is 2. The van der Waals surface area contributed by atoms with Crippen LogP contribution in [-0.2, 0) is 9.53 Å². The van der Waals surface area contributed by atoms with Crippen molar-refractivity contribution in [2.75, 3.05) is 13.7 Å². The lowest BCUT2D eigenvalue weighted by Crippen LogP contribution is -2.19. The van der Waals surface area contributed by atoms with Gasteiger partial charge < -0.3 is 19.2 Å². The van der Waals surface area contributed by atoms with Crippen LogP contribution in [0.1, 0.15) is 35.9 Å². The monoisotopic (exact) mass is 476 g/mol. The van der Waals surface area contributed by atoms with Gasteiger partial charge in [-0.25, -0.2) is 9.79 Å². The summed E-state index contributed by atoms with van der Waals surface area (Å²) in [4.78, 5) is 29.4. The minimum absolute atomic E-state index is 0.235. The number of rotatable bonds is 8. The van der Waals surface area contributed by atoms with Crippen LogP contribution in [0.3, 0.4) is 0 Å². The SMILES string of the molecule is CCCCOC(=O)c1ccc(-c2ccc(/C=C3\SC(=Nc4ccc(OC)cc4)NC3=O)o2)cc1. The average Bonchev–Trinajstić information content (AvgIpc) is 3.46. The molecule has 2 aromatic carbocycles. The fourth-order valence-corrected chi connectivity index (χ4v) is 3.95. The number of esters is 1. The number of methoxy groups -OCH3 is 1. The summed E-state index contributed by atoms with van der Waals surface area (Å²) >= 11 is 1.24. The Balaban J connectivity index is 1.42. The largest absolute Gasteiger partial charge is 0.497 e. The number of nitrogens with zero attached hydrogens (tertiary/aromatic N) is 1. The minimum Gasteiger partial charge on any atom is -0.497 e. The van der Waals surface area contributed by atoms with Crippen LogP contribution in [0.2, 0.25) is 0 Å². The Morgan fingerprint density at radius 2 is 1.85 bits per heavy atom. The molecule has 34 heavy (non-hydrogen) atoms. The highest BCUT2D eigenvalue weighted by molar-refractivity contribution is 8.18. The van der Waals surface area contributed by atoms with Crippen molar-refractivity contribution >= 4 is 40.6 Å². The van der Waals surface area contributed by atoms with E-state index in [1.165, 1.54) is 11.8 Å². The van der Waals surface area contributed by atoms with Gasteiger partial charge in [-0.15, -0.1) is 0 Å². The number of nitrogens with one attached hydrogen (secondary N) is 1. The van der Waals surface area contributed by atoms with Gasteiger partial charge in [-0.3, -0.25) is 4.79 Å². The van der Waals surface area contributed by atoms with E-state index in [-0.39, 0.29) is 11.9 Å². The van der Waals surface area contributed by atoms with Gasteiger partial charge in [0, 0.05) is 11.6 Å². The summed E-state index contributed by atoms with van der Waals surface area (Å²) in [6.45, 7) is 2.47. The average molecular weight is 477 g/mol. The topological polar surface area (TPSA) is 90.1 Å². The maximum absolute atomic E-state index is 12.4. The molecule has 0 saturated carbocycles. The van der Waals surface area contributed by atoms with Crippen LogP contribution < -0.4 is 10.1 Å². The molecule has 0 unspecified atom stereocenters. The van der Waals surface area contributed by atoms with Crippen LogP contribution in [0.4, 0.5) is 5.69 Å². The van der Waals surface area contributed by atoms with Crippen molar-refractivity contribution in [2.45, 2.75) is 19.8 Å². The molecular formula is C26H24N2O5S. The van der Waals surface area contributed by atoms with E-state index in [2.05, 4.69) is 10.3 Å². The number of hydrogen-bond acceptors (Lipinski definition) is 7. The number of amides is 1. The third-order valence-electron chi connectivity index (χ3n) is 4.99. The molecule has 0 aliphatic carbocycles. The van der Waals surface area contributed by atoms with Gasteiger partial charge in [-0.05, 0) is 66.7 Å². The molecule has 2 heterocycles. The summed E-state index contributed by atoms with van der Waals surface area (Å²) in [7, 11) is 1.60. The van der Waals surface area contributed by atoms with Gasteiger partial charge in [0.05, 0.1) is 29.9 Å². The van der Waals surface area contributed by atoms with Crippen LogP contribution >= 0.6 is 11.8 Å². The van der Waals surface area contributed by atoms with Crippen molar-refractivity contribution in [3.8, 4) is 17.1 Å². The molecule has 7 nitrogen and oxygen atoms in total. The Morgan fingerprint density at radius 3 is 2.56 bits per heavy atom. The van der Waals surface area contributed by atoms with E-state index in [1.54, 1.807) is 31.4 Å². The Morgan fingerprint density at radius 1 is 1.09 bits per heavy atom. The summed E-state index contributed by atoms with van der Waals surface area (Å²) in [5.74, 6) is 1.35. The second-order valence-corrected chi connectivity index (χ2v) is 8.48. The lowest BCUT2D eigenvalue weighted by Gasteiger charge is -2.04. The van der Waals surface area contributed by atoms with E-state index in [0.29, 0.717) is 39.5 Å². The molecule has 0 atom stereocenters. The summed E-state index contributed by atoms with van der Waals surface area (Å²) in [5.41, 5.74) is 2.03. The first-order valence-electron chi connectivity index (χ1n) is 10.9. The first-order chi connectivity index (χ1) is 16.6. The zero-order chi connectivity index (χ0) is 23.9. The van der Waals surface area contributed by atoms with E-state index >= 15 is 0 Å². The molecule has 3 aromatic rings. The Labute approximate surface area is 201 Å². The van der Waals surface area contributed by atoms with Crippen LogP contribution in [-0.4, -0.2) is 30.8 Å². The third-order valence-corrected chi connectivity index (χ3v) is 5.90. The molecule has 4 rings (SSSR count). The Bertz CT molecular complexity index is 1230. The van der Waals surface area contributed by atoms with Crippen molar-refractivity contribution in [3.63, 3.8) is 0 Å². The molecule has 1 fully saturated rings. The number of carbonyl (C=O) groups excluding carboxylic acids is 2. The normalized spacial score (nSPS) is 15.5. The van der Waals surface area contributed by atoms with Crippen molar-refractivity contribution in [3.05, 3.63) is 76.9 Å². The number of carbonyl (C=O) groups is 2. The van der Waals surface area contributed by atoms with E-state index in [1.807, 2.05) is 49.4 Å². The molecule has 0 spiro atoms. The molecule has 1 N–H and O–H groups in total. The third kappa shape index (κ3) is 5.77. The maximum Gasteiger partial charge on any atom is 0.338 e. The number of hydrogen-bond donors (Lipinski definition) is 1. The highest BCUT2D eigenvalue weighted by atomic mass is 32.2. The summed E-state index contributed by atoms with van der Waals surface area (Å²) in [6, 6.07) is 17.9. The molecular weight excluding hydrogens is 452 g/mol. The summed E-state index contributed by atoms with van der Waals surface area (Å²) in [6.07, 6.45) is 3.50. The first kappa shape index (κ1) is 23.4. The number of unbranched alkanes of at least 4 members (excludes halogenated alkanes) is 1. The molecule has 1 aliphatic rings. The van der Waals surface area contributed by atoms with E-state index in [9.17, 15) is 9.59 Å². The van der Waals surface area contributed by atoms with Crippen LogP contribution in [0, 0.1) is 0 Å². The molecule has 8 heteroatoms. The predicted molar refractivity (Wildman–Crippen MR) is 133 cm³/mol. The highest BCUT2D eigenvalue weighted by Gasteiger charge is 2.24. The molecule has 0 radical (unpaired) electrons. The predicted octanol–water partition coefficient (Wildman–Crippen LogP) is 5.80. The van der Waals surface area contributed by atoms with Gasteiger partial charge >= 0.3 is 5.97 Å². The fourth-order valence-electron chi connectivity index (χ4n) is 3.13. The van der Waals surface area contributed by atoms with E-state index in [0.717, 1.165) is 24.2 Å². The number of ether oxygens (including phenoxy) is 2.